The minimum atomic E-state index is -0.691. The summed E-state index contributed by atoms with van der Waals surface area (Å²) < 4.78 is 5.31. The van der Waals surface area contributed by atoms with E-state index in [0.29, 0.717) is 17.7 Å². The van der Waals surface area contributed by atoms with E-state index in [1.807, 2.05) is 30.3 Å². The number of carbonyl (C=O) groups is 1. The van der Waals surface area contributed by atoms with Crippen LogP contribution in [0.1, 0.15) is 27.2 Å². The summed E-state index contributed by atoms with van der Waals surface area (Å²) in [5.41, 5.74) is 0.656. The van der Waals surface area contributed by atoms with Crippen LogP contribution < -0.4 is 16.4 Å². The highest BCUT2D eigenvalue weighted by atomic mass is 16.4. The maximum absolute atomic E-state index is 12.4. The molecule has 0 atom stereocenters. The Morgan fingerprint density at radius 3 is 2.54 bits per heavy atom. The molecule has 0 saturated heterocycles. The summed E-state index contributed by atoms with van der Waals surface area (Å²) in [6.45, 7) is 1.69. The molecule has 6 nitrogen and oxygen atoms in total. The standard InChI is InChI=1S/C20H18N2O4/c1-13-11-16(8-7-14-5-3-2-4-6-14)26-20(25)18(13)19(24)22-17-12-15(23)9-10-21-17/h2-6,9-12H,7-8H2,1H3,(H2,21,22,23,24). The Morgan fingerprint density at radius 2 is 1.85 bits per heavy atom. The van der Waals surface area contributed by atoms with Crippen molar-refractivity contribution in [3.63, 3.8) is 0 Å². The lowest BCUT2D eigenvalue weighted by molar-refractivity contribution is 0.102. The second-order valence-corrected chi connectivity index (χ2v) is 5.94. The summed E-state index contributed by atoms with van der Waals surface area (Å²) in [7, 11) is 0. The molecular weight excluding hydrogens is 332 g/mol. The molecule has 1 aromatic carbocycles. The second-order valence-electron chi connectivity index (χ2n) is 5.94. The summed E-state index contributed by atoms with van der Waals surface area (Å²) in [5.74, 6) is 0.128. The lowest BCUT2D eigenvalue weighted by atomic mass is 10.1. The van der Waals surface area contributed by atoms with E-state index in [0.717, 1.165) is 12.0 Å². The van der Waals surface area contributed by atoms with Crippen molar-refractivity contribution in [2.45, 2.75) is 19.8 Å². The number of hydrogen-bond donors (Lipinski definition) is 2. The molecule has 0 aliphatic heterocycles. The van der Waals surface area contributed by atoms with E-state index in [-0.39, 0.29) is 16.8 Å². The van der Waals surface area contributed by atoms with Gasteiger partial charge in [0.15, 0.2) is 5.43 Å². The number of amides is 1. The smallest absolute Gasteiger partial charge is 0.349 e. The monoisotopic (exact) mass is 350 g/mol. The minimum Gasteiger partial charge on any atom is -0.427 e. The molecule has 2 heterocycles. The molecule has 2 aromatic heterocycles. The number of pyridine rings is 1. The van der Waals surface area contributed by atoms with Crippen LogP contribution in [0.5, 0.6) is 0 Å². The highest BCUT2D eigenvalue weighted by Crippen LogP contribution is 2.12. The van der Waals surface area contributed by atoms with E-state index in [2.05, 4.69) is 10.3 Å². The third kappa shape index (κ3) is 4.16. The van der Waals surface area contributed by atoms with Gasteiger partial charge < -0.3 is 14.7 Å². The average Bonchev–Trinajstić information content (AvgIpc) is 2.60. The fourth-order valence-corrected chi connectivity index (χ4v) is 2.68. The predicted molar refractivity (Wildman–Crippen MR) is 98.6 cm³/mol. The molecule has 0 saturated carbocycles. The van der Waals surface area contributed by atoms with Crippen molar-refractivity contribution < 1.29 is 9.21 Å². The maximum atomic E-state index is 12.4. The molecule has 3 rings (SSSR count). The van der Waals surface area contributed by atoms with E-state index in [9.17, 15) is 14.4 Å². The zero-order valence-corrected chi connectivity index (χ0v) is 14.2. The van der Waals surface area contributed by atoms with Gasteiger partial charge in [-0.3, -0.25) is 9.59 Å². The van der Waals surface area contributed by atoms with Crippen molar-refractivity contribution in [1.82, 2.24) is 4.98 Å². The Bertz CT molecular complexity index is 1040. The summed E-state index contributed by atoms with van der Waals surface area (Å²) >= 11 is 0. The van der Waals surface area contributed by atoms with Crippen molar-refractivity contribution in [3.8, 4) is 0 Å². The van der Waals surface area contributed by atoms with Crippen LogP contribution in [0.25, 0.3) is 0 Å². The first-order chi connectivity index (χ1) is 12.5. The van der Waals surface area contributed by atoms with Crippen molar-refractivity contribution in [2.24, 2.45) is 0 Å². The summed E-state index contributed by atoms with van der Waals surface area (Å²) in [5, 5.41) is 2.50. The minimum absolute atomic E-state index is 0.0711. The van der Waals surface area contributed by atoms with Gasteiger partial charge in [0.1, 0.15) is 17.1 Å². The SMILES string of the molecule is Cc1cc(CCc2ccccc2)oc(=O)c1C(=O)Nc1cc(=O)cc[nH]1. The summed E-state index contributed by atoms with van der Waals surface area (Å²) in [4.78, 5) is 38.7. The van der Waals surface area contributed by atoms with Gasteiger partial charge in [-0.25, -0.2) is 4.79 Å². The molecule has 0 unspecified atom stereocenters. The number of aromatic amines is 1. The number of H-pyrrole nitrogens is 1. The lowest BCUT2D eigenvalue weighted by Gasteiger charge is -2.08. The highest BCUT2D eigenvalue weighted by molar-refractivity contribution is 6.04. The predicted octanol–water partition coefficient (Wildman–Crippen LogP) is 2.67. The zero-order chi connectivity index (χ0) is 18.5. The largest absolute Gasteiger partial charge is 0.427 e. The number of aromatic nitrogens is 1. The number of carbonyl (C=O) groups excluding carboxylic acids is 1. The number of benzene rings is 1. The first kappa shape index (κ1) is 17.4. The summed E-state index contributed by atoms with van der Waals surface area (Å²) in [6, 6.07) is 14.1. The Balaban J connectivity index is 1.77. The van der Waals surface area contributed by atoms with Gasteiger partial charge in [0.2, 0.25) is 0 Å². The van der Waals surface area contributed by atoms with E-state index < -0.39 is 11.5 Å². The molecule has 0 aliphatic carbocycles. The third-order valence-electron chi connectivity index (χ3n) is 3.95. The van der Waals surface area contributed by atoms with E-state index in [1.165, 1.54) is 18.3 Å². The van der Waals surface area contributed by atoms with Gasteiger partial charge in [-0.2, -0.15) is 0 Å². The van der Waals surface area contributed by atoms with E-state index >= 15 is 0 Å². The molecule has 3 aromatic rings. The number of hydrogen-bond acceptors (Lipinski definition) is 4. The Hall–Kier alpha value is -3.41. The van der Waals surface area contributed by atoms with Gasteiger partial charge in [-0.05, 0) is 30.5 Å². The maximum Gasteiger partial charge on any atom is 0.349 e. The van der Waals surface area contributed by atoms with Crippen molar-refractivity contribution >= 4 is 11.7 Å². The van der Waals surface area contributed by atoms with Gasteiger partial charge in [-0.15, -0.1) is 0 Å². The Labute approximate surface area is 149 Å². The molecule has 0 spiro atoms. The van der Waals surface area contributed by atoms with Crippen LogP contribution in [0.3, 0.4) is 0 Å². The molecule has 1 amide bonds. The molecule has 6 heteroatoms. The van der Waals surface area contributed by atoms with Crippen LogP contribution in [-0.2, 0) is 12.8 Å². The van der Waals surface area contributed by atoms with Crippen molar-refractivity contribution in [2.75, 3.05) is 5.32 Å². The molecule has 0 radical (unpaired) electrons. The highest BCUT2D eigenvalue weighted by Gasteiger charge is 2.17. The topological polar surface area (TPSA) is 92.2 Å². The van der Waals surface area contributed by atoms with Gasteiger partial charge >= 0.3 is 5.63 Å². The molecule has 0 bridgehead atoms. The molecular formula is C20H18N2O4. The average molecular weight is 350 g/mol. The van der Waals surface area contributed by atoms with E-state index in [4.69, 9.17) is 4.42 Å². The zero-order valence-electron chi connectivity index (χ0n) is 14.2. The molecule has 0 aliphatic rings. The molecule has 0 fully saturated rings. The Morgan fingerprint density at radius 1 is 1.08 bits per heavy atom. The van der Waals surface area contributed by atoms with Crippen LogP contribution in [0.4, 0.5) is 5.82 Å². The van der Waals surface area contributed by atoms with Gasteiger partial charge in [0.25, 0.3) is 5.91 Å². The number of aryl methyl sites for hydroxylation is 3. The first-order valence-electron chi connectivity index (χ1n) is 8.20. The third-order valence-corrected chi connectivity index (χ3v) is 3.95. The summed E-state index contributed by atoms with van der Waals surface area (Å²) in [6.07, 6.45) is 2.72. The number of anilines is 1. The number of nitrogens with one attached hydrogen (secondary N) is 2. The number of rotatable bonds is 5. The quantitative estimate of drug-likeness (QED) is 0.740. The Kier molecular flexibility index (Phi) is 5.12. The van der Waals surface area contributed by atoms with Gasteiger partial charge in [-0.1, -0.05) is 30.3 Å². The molecule has 2 N–H and O–H groups in total. The van der Waals surface area contributed by atoms with Crippen LogP contribution in [0.2, 0.25) is 0 Å². The normalized spacial score (nSPS) is 10.5. The lowest BCUT2D eigenvalue weighted by Crippen LogP contribution is -2.24. The van der Waals surface area contributed by atoms with Crippen LogP contribution in [0, 0.1) is 6.92 Å². The molecule has 132 valence electrons. The van der Waals surface area contributed by atoms with Gasteiger partial charge in [0.05, 0.1) is 0 Å². The van der Waals surface area contributed by atoms with E-state index in [1.54, 1.807) is 13.0 Å². The van der Waals surface area contributed by atoms with Crippen molar-refractivity contribution in [3.05, 3.63) is 97.8 Å². The fourth-order valence-electron chi connectivity index (χ4n) is 2.68. The van der Waals surface area contributed by atoms with Crippen LogP contribution in [-0.4, -0.2) is 10.9 Å². The van der Waals surface area contributed by atoms with Crippen LogP contribution in [0.15, 0.2) is 68.7 Å². The van der Waals surface area contributed by atoms with Gasteiger partial charge in [0, 0.05) is 24.8 Å². The first-order valence-corrected chi connectivity index (χ1v) is 8.20. The fraction of sp³-hybridized carbons (Fsp3) is 0.150. The van der Waals surface area contributed by atoms with Crippen molar-refractivity contribution in [1.29, 1.82) is 0 Å². The van der Waals surface area contributed by atoms with Crippen LogP contribution >= 0.6 is 0 Å². The molecule has 26 heavy (non-hydrogen) atoms. The second kappa shape index (κ2) is 7.65.